The summed E-state index contributed by atoms with van der Waals surface area (Å²) in [6, 6.07) is 4.17. The summed E-state index contributed by atoms with van der Waals surface area (Å²) in [6.45, 7) is 8.62. The number of rotatable bonds is 4. The fraction of sp³-hybridized carbons (Fsp3) is 0.500. The van der Waals surface area contributed by atoms with E-state index < -0.39 is 11.9 Å². The van der Waals surface area contributed by atoms with Crippen LogP contribution in [-0.4, -0.2) is 43.0 Å². The van der Waals surface area contributed by atoms with Gasteiger partial charge in [0.25, 0.3) is 5.91 Å². The number of carbonyl (C=O) groups excluding carboxylic acids is 2. The molecule has 7 nitrogen and oxygen atoms in total. The maximum Gasteiger partial charge on any atom is 0.330 e. The standard InChI is InChI=1S/C20H24N4O3/c1-5-18(25)27-13-6-7-24(12-13)17-9-20(2,3)8-14(15(17)10-21)16(11-22)19(26)23-4/h5,13H,1,6-9,12H2,2-4H3,(H,23,26)/b16-14+. The highest BCUT2D eigenvalue weighted by Gasteiger charge is 2.38. The molecule has 7 heteroatoms. The summed E-state index contributed by atoms with van der Waals surface area (Å²) in [5.41, 5.74) is 1.44. The van der Waals surface area contributed by atoms with E-state index in [4.69, 9.17) is 4.74 Å². The fourth-order valence-electron chi connectivity index (χ4n) is 3.62. The van der Waals surface area contributed by atoms with Crippen LogP contribution in [0.3, 0.4) is 0 Å². The van der Waals surface area contributed by atoms with Gasteiger partial charge in [-0.1, -0.05) is 20.4 Å². The second kappa shape index (κ2) is 8.09. The predicted octanol–water partition coefficient (Wildman–Crippen LogP) is 1.95. The lowest BCUT2D eigenvalue weighted by Gasteiger charge is -2.37. The van der Waals surface area contributed by atoms with E-state index in [-0.39, 0.29) is 17.1 Å². The van der Waals surface area contributed by atoms with E-state index in [0.717, 1.165) is 11.8 Å². The van der Waals surface area contributed by atoms with E-state index in [2.05, 4.69) is 18.0 Å². The molecule has 0 aromatic carbocycles. The van der Waals surface area contributed by atoms with Crippen LogP contribution in [0.4, 0.5) is 0 Å². The van der Waals surface area contributed by atoms with Crippen molar-refractivity contribution in [2.45, 2.75) is 39.2 Å². The van der Waals surface area contributed by atoms with Crippen LogP contribution in [0.2, 0.25) is 0 Å². The number of allylic oxidation sites excluding steroid dienone is 3. The number of carbonyl (C=O) groups is 2. The van der Waals surface area contributed by atoms with Crippen molar-refractivity contribution in [3.63, 3.8) is 0 Å². The van der Waals surface area contributed by atoms with Crippen LogP contribution in [0.15, 0.2) is 35.1 Å². The minimum atomic E-state index is -0.489. The molecule has 2 aliphatic rings. The number of nitrogens with one attached hydrogen (secondary N) is 1. The van der Waals surface area contributed by atoms with Crippen molar-refractivity contribution in [1.82, 2.24) is 10.2 Å². The van der Waals surface area contributed by atoms with Crippen LogP contribution in [0, 0.1) is 28.1 Å². The summed E-state index contributed by atoms with van der Waals surface area (Å²) < 4.78 is 5.32. The Morgan fingerprint density at radius 1 is 1.37 bits per heavy atom. The van der Waals surface area contributed by atoms with Gasteiger partial charge in [-0.25, -0.2) is 4.79 Å². The molecule has 0 radical (unpaired) electrons. The summed E-state index contributed by atoms with van der Waals surface area (Å²) in [5, 5.41) is 21.8. The van der Waals surface area contributed by atoms with E-state index in [1.807, 2.05) is 24.8 Å². The molecule has 0 aromatic rings. The lowest BCUT2D eigenvalue weighted by atomic mass is 9.72. The van der Waals surface area contributed by atoms with Crippen LogP contribution in [0.5, 0.6) is 0 Å². The van der Waals surface area contributed by atoms with Gasteiger partial charge in [0.2, 0.25) is 0 Å². The fourth-order valence-corrected chi connectivity index (χ4v) is 3.62. The number of amides is 1. The quantitative estimate of drug-likeness (QED) is 0.462. The topological polar surface area (TPSA) is 106 Å². The molecule has 1 unspecified atom stereocenters. The molecule has 1 amide bonds. The zero-order chi connectivity index (χ0) is 20.2. The summed E-state index contributed by atoms with van der Waals surface area (Å²) in [6.07, 6.45) is 2.64. The first-order valence-corrected chi connectivity index (χ1v) is 8.83. The average Bonchev–Trinajstić information content (AvgIpc) is 3.09. The molecular weight excluding hydrogens is 344 g/mol. The van der Waals surface area contributed by atoms with Gasteiger partial charge in [0.1, 0.15) is 23.8 Å². The van der Waals surface area contributed by atoms with Gasteiger partial charge in [-0.2, -0.15) is 10.5 Å². The number of nitriles is 2. The molecule has 2 rings (SSSR count). The van der Waals surface area contributed by atoms with Crippen molar-refractivity contribution >= 4 is 11.9 Å². The van der Waals surface area contributed by atoms with Crippen LogP contribution in [0.25, 0.3) is 0 Å². The number of hydrogen-bond donors (Lipinski definition) is 1. The molecule has 0 bridgehead atoms. The van der Waals surface area contributed by atoms with Crippen molar-refractivity contribution in [2.75, 3.05) is 20.1 Å². The van der Waals surface area contributed by atoms with E-state index in [1.54, 1.807) is 0 Å². The van der Waals surface area contributed by atoms with Crippen molar-refractivity contribution in [1.29, 1.82) is 10.5 Å². The van der Waals surface area contributed by atoms with Crippen LogP contribution in [-0.2, 0) is 14.3 Å². The van der Waals surface area contributed by atoms with E-state index in [9.17, 15) is 20.1 Å². The third-order valence-corrected chi connectivity index (χ3v) is 4.85. The predicted molar refractivity (Wildman–Crippen MR) is 98.6 cm³/mol. The minimum absolute atomic E-state index is 0.0202. The number of likely N-dealkylation sites (N-methyl/N-ethyl adjacent to an activating group) is 1. The molecule has 0 spiro atoms. The Morgan fingerprint density at radius 3 is 2.63 bits per heavy atom. The zero-order valence-electron chi connectivity index (χ0n) is 16.0. The molecular formula is C20H24N4O3. The molecule has 1 heterocycles. The molecule has 1 atom stereocenters. The lowest BCUT2D eigenvalue weighted by molar-refractivity contribution is -0.142. The SMILES string of the molecule is C=CC(=O)OC1CCN(C2=C(C#N)/C(=C(\C#N)C(=O)NC)CC(C)(C)C2)C1. The zero-order valence-corrected chi connectivity index (χ0v) is 16.0. The van der Waals surface area contributed by atoms with E-state index >= 15 is 0 Å². The van der Waals surface area contributed by atoms with Gasteiger partial charge >= 0.3 is 5.97 Å². The maximum absolute atomic E-state index is 12.1. The van der Waals surface area contributed by atoms with Gasteiger partial charge in [0, 0.05) is 31.8 Å². The first-order chi connectivity index (χ1) is 12.8. The highest BCUT2D eigenvalue weighted by Crippen LogP contribution is 2.44. The van der Waals surface area contributed by atoms with E-state index in [1.165, 1.54) is 7.05 Å². The lowest BCUT2D eigenvalue weighted by Crippen LogP contribution is -2.32. The maximum atomic E-state index is 12.1. The van der Waals surface area contributed by atoms with Gasteiger partial charge in [0.15, 0.2) is 0 Å². The largest absolute Gasteiger partial charge is 0.457 e. The Hall–Kier alpha value is -3.06. The van der Waals surface area contributed by atoms with Gasteiger partial charge in [-0.05, 0) is 23.8 Å². The average molecular weight is 368 g/mol. The number of likely N-dealkylation sites (tertiary alicyclic amines) is 1. The van der Waals surface area contributed by atoms with Crippen LogP contribution < -0.4 is 5.32 Å². The van der Waals surface area contributed by atoms with Crippen LogP contribution in [0.1, 0.15) is 33.1 Å². The highest BCUT2D eigenvalue weighted by molar-refractivity contribution is 5.99. The van der Waals surface area contributed by atoms with E-state index in [0.29, 0.717) is 43.5 Å². The first-order valence-electron chi connectivity index (χ1n) is 8.83. The monoisotopic (exact) mass is 368 g/mol. The number of nitrogens with zero attached hydrogens (tertiary/aromatic N) is 3. The normalized spacial score (nSPS) is 23.1. The summed E-state index contributed by atoms with van der Waals surface area (Å²) in [4.78, 5) is 25.6. The van der Waals surface area contributed by atoms with Gasteiger partial charge in [0.05, 0.1) is 12.1 Å². The molecule has 142 valence electrons. The molecule has 1 saturated heterocycles. The molecule has 0 aromatic heterocycles. The van der Waals surface area contributed by atoms with Crippen molar-refractivity contribution in [3.05, 3.63) is 35.1 Å². The Kier molecular flexibility index (Phi) is 6.07. The Morgan fingerprint density at radius 2 is 2.07 bits per heavy atom. The number of hydrogen-bond acceptors (Lipinski definition) is 6. The second-order valence-corrected chi connectivity index (χ2v) is 7.49. The Balaban J connectivity index is 2.46. The third kappa shape index (κ3) is 4.38. The highest BCUT2D eigenvalue weighted by atomic mass is 16.5. The first kappa shape index (κ1) is 20.3. The van der Waals surface area contributed by atoms with Crippen LogP contribution >= 0.6 is 0 Å². The van der Waals surface area contributed by atoms with Gasteiger partial charge in [-0.3, -0.25) is 4.79 Å². The number of esters is 1. The summed E-state index contributed by atoms with van der Waals surface area (Å²) >= 11 is 0. The molecule has 27 heavy (non-hydrogen) atoms. The Labute approximate surface area is 159 Å². The van der Waals surface area contributed by atoms with Crippen molar-refractivity contribution in [2.24, 2.45) is 5.41 Å². The number of ether oxygens (including phenoxy) is 1. The molecule has 0 saturated carbocycles. The molecule has 1 aliphatic carbocycles. The minimum Gasteiger partial charge on any atom is -0.457 e. The van der Waals surface area contributed by atoms with Gasteiger partial charge in [-0.15, -0.1) is 0 Å². The Bertz CT molecular complexity index is 808. The second-order valence-electron chi connectivity index (χ2n) is 7.49. The van der Waals surface area contributed by atoms with Crippen molar-refractivity contribution in [3.8, 4) is 12.1 Å². The van der Waals surface area contributed by atoms with Crippen molar-refractivity contribution < 1.29 is 14.3 Å². The molecule has 1 aliphatic heterocycles. The summed E-state index contributed by atoms with van der Waals surface area (Å²) in [5.74, 6) is -0.955. The molecule has 1 fully saturated rings. The smallest absolute Gasteiger partial charge is 0.330 e. The van der Waals surface area contributed by atoms with Gasteiger partial charge < -0.3 is 15.0 Å². The summed E-state index contributed by atoms with van der Waals surface area (Å²) in [7, 11) is 1.46. The third-order valence-electron chi connectivity index (χ3n) is 4.85. The molecule has 1 N–H and O–H groups in total.